The van der Waals surface area contributed by atoms with Gasteiger partial charge in [-0.1, -0.05) is 18.2 Å². The van der Waals surface area contributed by atoms with Crippen molar-refractivity contribution in [3.05, 3.63) is 76.7 Å². The van der Waals surface area contributed by atoms with Crippen LogP contribution in [0.1, 0.15) is 20.9 Å². The van der Waals surface area contributed by atoms with Crippen molar-refractivity contribution in [2.45, 2.75) is 0 Å². The Labute approximate surface area is 188 Å². The van der Waals surface area contributed by atoms with E-state index in [1.807, 2.05) is 29.2 Å². The summed E-state index contributed by atoms with van der Waals surface area (Å²) in [5.41, 5.74) is 2.10. The van der Waals surface area contributed by atoms with Crippen molar-refractivity contribution in [2.24, 2.45) is 0 Å². The Hall–Kier alpha value is -3.26. The topological polar surface area (TPSA) is 75.0 Å². The van der Waals surface area contributed by atoms with Crippen LogP contribution >= 0.6 is 15.9 Å². The van der Waals surface area contributed by atoms with Crippen LogP contribution in [-0.2, 0) is 0 Å². The van der Waals surface area contributed by atoms with Crippen LogP contribution < -0.4 is 15.0 Å². The maximum atomic E-state index is 13.0. The molecule has 1 fully saturated rings. The Kier molecular flexibility index (Phi) is 6.27. The number of rotatable bonds is 5. The van der Waals surface area contributed by atoms with E-state index in [1.54, 1.807) is 43.5 Å². The molecule has 7 nitrogen and oxygen atoms in total. The van der Waals surface area contributed by atoms with E-state index in [4.69, 9.17) is 9.15 Å². The van der Waals surface area contributed by atoms with Gasteiger partial charge in [-0.2, -0.15) is 0 Å². The maximum Gasteiger partial charge on any atom is 0.291 e. The maximum absolute atomic E-state index is 13.0. The van der Waals surface area contributed by atoms with Gasteiger partial charge in [-0.15, -0.1) is 0 Å². The quantitative estimate of drug-likeness (QED) is 0.586. The van der Waals surface area contributed by atoms with Crippen molar-refractivity contribution < 1.29 is 18.7 Å². The fraction of sp³-hybridized carbons (Fsp3) is 0.217. The zero-order valence-corrected chi connectivity index (χ0v) is 18.6. The van der Waals surface area contributed by atoms with E-state index in [9.17, 15) is 9.59 Å². The molecule has 1 aliphatic heterocycles. The third-order valence-electron chi connectivity index (χ3n) is 5.16. The van der Waals surface area contributed by atoms with Gasteiger partial charge in [-0.05, 0) is 58.4 Å². The lowest BCUT2D eigenvalue weighted by atomic mass is 10.1. The highest BCUT2D eigenvalue weighted by Gasteiger charge is 2.24. The highest BCUT2D eigenvalue weighted by atomic mass is 79.9. The summed E-state index contributed by atoms with van der Waals surface area (Å²) in [4.78, 5) is 29.4. The van der Waals surface area contributed by atoms with E-state index in [0.29, 0.717) is 29.0 Å². The lowest BCUT2D eigenvalue weighted by molar-refractivity contribution is 0.0746. The number of carbonyl (C=O) groups excluding carboxylic acids is 2. The SMILES string of the molecule is COc1ccccc1N1CCN(C(=O)c2cccc(NC(=O)c3ccc(Br)o3)c2)CC1. The van der Waals surface area contributed by atoms with Gasteiger partial charge in [0.25, 0.3) is 11.8 Å². The number of para-hydroxylation sites is 2. The van der Waals surface area contributed by atoms with Gasteiger partial charge in [0.1, 0.15) is 5.75 Å². The first-order chi connectivity index (χ1) is 15.0. The molecule has 2 heterocycles. The van der Waals surface area contributed by atoms with Crippen LogP contribution in [-0.4, -0.2) is 50.0 Å². The van der Waals surface area contributed by atoms with Crippen molar-refractivity contribution in [3.63, 3.8) is 0 Å². The zero-order valence-electron chi connectivity index (χ0n) is 17.0. The number of hydrogen-bond acceptors (Lipinski definition) is 5. The normalized spacial score (nSPS) is 13.7. The molecule has 0 radical (unpaired) electrons. The van der Waals surface area contributed by atoms with Gasteiger partial charge in [0, 0.05) is 37.4 Å². The summed E-state index contributed by atoms with van der Waals surface area (Å²) < 4.78 is 11.2. The average molecular weight is 484 g/mol. The van der Waals surface area contributed by atoms with E-state index in [0.717, 1.165) is 24.5 Å². The molecule has 0 unspecified atom stereocenters. The van der Waals surface area contributed by atoms with Crippen LogP contribution in [0.15, 0.2) is 69.8 Å². The van der Waals surface area contributed by atoms with Gasteiger partial charge in [0.05, 0.1) is 12.8 Å². The van der Waals surface area contributed by atoms with Crippen LogP contribution in [0.4, 0.5) is 11.4 Å². The van der Waals surface area contributed by atoms with Crippen LogP contribution in [0.3, 0.4) is 0 Å². The lowest BCUT2D eigenvalue weighted by Gasteiger charge is -2.36. The second-order valence-electron chi connectivity index (χ2n) is 7.09. The summed E-state index contributed by atoms with van der Waals surface area (Å²) in [6.45, 7) is 2.65. The fourth-order valence-electron chi connectivity index (χ4n) is 3.58. The number of benzene rings is 2. The third kappa shape index (κ3) is 4.74. The van der Waals surface area contributed by atoms with Crippen LogP contribution in [0.2, 0.25) is 0 Å². The number of ether oxygens (including phenoxy) is 1. The number of methoxy groups -OCH3 is 1. The second kappa shape index (κ2) is 9.26. The molecule has 1 saturated heterocycles. The van der Waals surface area contributed by atoms with Crippen molar-refractivity contribution in [1.82, 2.24) is 4.90 Å². The molecule has 1 N–H and O–H groups in total. The van der Waals surface area contributed by atoms with Gasteiger partial charge in [0.2, 0.25) is 0 Å². The predicted molar refractivity (Wildman–Crippen MR) is 122 cm³/mol. The molecule has 2 amide bonds. The van der Waals surface area contributed by atoms with Gasteiger partial charge < -0.3 is 24.3 Å². The molecule has 0 saturated carbocycles. The smallest absolute Gasteiger partial charge is 0.291 e. The molecular formula is C23H22BrN3O4. The van der Waals surface area contributed by atoms with Crippen LogP contribution in [0.5, 0.6) is 5.75 Å². The molecule has 3 aromatic rings. The fourth-order valence-corrected chi connectivity index (χ4v) is 3.89. The predicted octanol–water partition coefficient (Wildman–Crippen LogP) is 4.27. The minimum absolute atomic E-state index is 0.0588. The van der Waals surface area contributed by atoms with E-state index in [1.165, 1.54) is 0 Å². The monoisotopic (exact) mass is 483 g/mol. The Bertz CT molecular complexity index is 1090. The molecule has 0 atom stereocenters. The molecule has 4 rings (SSSR count). The average Bonchev–Trinajstić information content (AvgIpc) is 3.25. The number of amides is 2. The molecular weight excluding hydrogens is 462 g/mol. The Morgan fingerprint density at radius 1 is 1.00 bits per heavy atom. The molecule has 0 aliphatic carbocycles. The van der Waals surface area contributed by atoms with Crippen LogP contribution in [0.25, 0.3) is 0 Å². The first-order valence-corrected chi connectivity index (χ1v) is 10.7. The zero-order chi connectivity index (χ0) is 21.8. The number of anilines is 2. The molecule has 2 aromatic carbocycles. The first-order valence-electron chi connectivity index (χ1n) is 9.89. The summed E-state index contributed by atoms with van der Waals surface area (Å²) in [7, 11) is 1.66. The minimum Gasteiger partial charge on any atom is -0.495 e. The second-order valence-corrected chi connectivity index (χ2v) is 7.87. The number of furan rings is 1. The van der Waals surface area contributed by atoms with Gasteiger partial charge >= 0.3 is 0 Å². The summed E-state index contributed by atoms with van der Waals surface area (Å²) in [6, 6.07) is 18.1. The van der Waals surface area contributed by atoms with Crippen molar-refractivity contribution in [3.8, 4) is 5.75 Å². The Morgan fingerprint density at radius 2 is 1.77 bits per heavy atom. The van der Waals surface area contributed by atoms with Crippen molar-refractivity contribution in [1.29, 1.82) is 0 Å². The number of carbonyl (C=O) groups is 2. The van der Waals surface area contributed by atoms with Crippen LogP contribution in [0, 0.1) is 0 Å². The summed E-state index contributed by atoms with van der Waals surface area (Å²) in [5, 5.41) is 2.76. The standard InChI is InChI=1S/C23H22BrN3O4/c1-30-19-8-3-2-7-18(19)26-11-13-27(14-12-26)23(29)16-5-4-6-17(15-16)25-22(28)20-9-10-21(24)31-20/h2-10,15H,11-14H2,1H3,(H,25,28). The molecule has 0 bridgehead atoms. The molecule has 8 heteroatoms. The molecule has 1 aliphatic rings. The Morgan fingerprint density at radius 3 is 2.48 bits per heavy atom. The lowest BCUT2D eigenvalue weighted by Crippen LogP contribution is -2.48. The van der Waals surface area contributed by atoms with Gasteiger partial charge in [0.15, 0.2) is 10.4 Å². The molecule has 1 aromatic heterocycles. The van der Waals surface area contributed by atoms with Crippen molar-refractivity contribution >= 4 is 39.1 Å². The molecule has 0 spiro atoms. The number of halogens is 1. The third-order valence-corrected chi connectivity index (χ3v) is 5.58. The van der Waals surface area contributed by atoms with E-state index in [-0.39, 0.29) is 17.6 Å². The largest absolute Gasteiger partial charge is 0.495 e. The number of hydrogen-bond donors (Lipinski definition) is 1. The van der Waals surface area contributed by atoms with Gasteiger partial charge in [-0.3, -0.25) is 9.59 Å². The number of piperazine rings is 1. The number of nitrogens with one attached hydrogen (secondary N) is 1. The summed E-state index contributed by atoms with van der Waals surface area (Å²) in [5.74, 6) is 0.586. The van der Waals surface area contributed by atoms with Gasteiger partial charge in [-0.25, -0.2) is 0 Å². The molecule has 160 valence electrons. The first kappa shape index (κ1) is 21.0. The van der Waals surface area contributed by atoms with Crippen molar-refractivity contribution in [2.75, 3.05) is 43.5 Å². The summed E-state index contributed by atoms with van der Waals surface area (Å²) in [6.07, 6.45) is 0. The summed E-state index contributed by atoms with van der Waals surface area (Å²) >= 11 is 3.18. The molecule has 31 heavy (non-hydrogen) atoms. The highest BCUT2D eigenvalue weighted by Crippen LogP contribution is 2.28. The highest BCUT2D eigenvalue weighted by molar-refractivity contribution is 9.10. The Balaban J connectivity index is 1.40. The van der Waals surface area contributed by atoms with E-state index >= 15 is 0 Å². The van der Waals surface area contributed by atoms with E-state index < -0.39 is 0 Å². The minimum atomic E-state index is -0.374. The van der Waals surface area contributed by atoms with E-state index in [2.05, 4.69) is 26.1 Å². The number of nitrogens with zero attached hydrogens (tertiary/aromatic N) is 2.